The third kappa shape index (κ3) is 5.75. The lowest BCUT2D eigenvalue weighted by Crippen LogP contribution is -2.46. The van der Waals surface area contributed by atoms with E-state index in [-0.39, 0.29) is 17.9 Å². The van der Waals surface area contributed by atoms with Gasteiger partial charge in [0, 0.05) is 5.41 Å². The van der Waals surface area contributed by atoms with Crippen LogP contribution >= 0.6 is 11.6 Å². The minimum atomic E-state index is -0.674. The van der Waals surface area contributed by atoms with E-state index in [1.54, 1.807) is 45.9 Å². The molecule has 2 amide bonds. The first kappa shape index (κ1) is 19.3. The average molecular weight is 341 g/mol. The van der Waals surface area contributed by atoms with Gasteiger partial charge in [-0.2, -0.15) is 0 Å². The van der Waals surface area contributed by atoms with Crippen molar-refractivity contribution in [3.05, 3.63) is 23.2 Å². The normalized spacial score (nSPS) is 12.7. The maximum atomic E-state index is 12.3. The van der Waals surface area contributed by atoms with Crippen LogP contribution in [0.15, 0.2) is 18.2 Å². The second-order valence-corrected chi connectivity index (χ2v) is 7.12. The number of rotatable bonds is 5. The van der Waals surface area contributed by atoms with Gasteiger partial charge in [0.15, 0.2) is 5.75 Å². The van der Waals surface area contributed by atoms with Gasteiger partial charge in [-0.15, -0.1) is 0 Å². The lowest BCUT2D eigenvalue weighted by Gasteiger charge is -2.22. The van der Waals surface area contributed by atoms with Crippen LogP contribution in [0.2, 0.25) is 5.02 Å². The molecular formula is C17H25ClN2O3. The van der Waals surface area contributed by atoms with E-state index in [1.165, 1.54) is 0 Å². The van der Waals surface area contributed by atoms with E-state index in [2.05, 4.69) is 10.6 Å². The van der Waals surface area contributed by atoms with Gasteiger partial charge >= 0.3 is 0 Å². The molecule has 1 atom stereocenters. The zero-order valence-corrected chi connectivity index (χ0v) is 15.2. The van der Waals surface area contributed by atoms with Gasteiger partial charge in [-0.1, -0.05) is 38.4 Å². The molecule has 1 aromatic carbocycles. The molecule has 0 fully saturated rings. The fourth-order valence-electron chi connectivity index (χ4n) is 1.68. The third-order valence-corrected chi connectivity index (χ3v) is 3.30. The van der Waals surface area contributed by atoms with Gasteiger partial charge < -0.3 is 15.4 Å². The Morgan fingerprint density at radius 3 is 2.30 bits per heavy atom. The summed E-state index contributed by atoms with van der Waals surface area (Å²) in [5.74, 6) is -0.102. The molecule has 6 heteroatoms. The molecule has 23 heavy (non-hydrogen) atoms. The Balaban J connectivity index is 2.85. The first-order chi connectivity index (χ1) is 10.5. The van der Waals surface area contributed by atoms with Crippen molar-refractivity contribution < 1.29 is 14.3 Å². The van der Waals surface area contributed by atoms with Crippen molar-refractivity contribution in [3.8, 4) is 5.75 Å². The summed E-state index contributed by atoms with van der Waals surface area (Å²) in [4.78, 5) is 24.3. The summed E-state index contributed by atoms with van der Waals surface area (Å²) in [6.45, 7) is 10.8. The molecule has 0 aliphatic carbocycles. The average Bonchev–Trinajstić information content (AvgIpc) is 2.41. The molecule has 0 unspecified atom stereocenters. The Morgan fingerprint density at radius 2 is 1.78 bits per heavy atom. The summed E-state index contributed by atoms with van der Waals surface area (Å²) in [7, 11) is 0. The number of amides is 2. The quantitative estimate of drug-likeness (QED) is 0.860. The Labute approximate surface area is 142 Å². The van der Waals surface area contributed by atoms with Gasteiger partial charge in [0.1, 0.15) is 6.04 Å². The van der Waals surface area contributed by atoms with Gasteiger partial charge in [0.05, 0.1) is 16.8 Å². The van der Waals surface area contributed by atoms with Crippen LogP contribution < -0.4 is 15.4 Å². The number of ether oxygens (including phenoxy) is 1. The maximum Gasteiger partial charge on any atom is 0.246 e. The zero-order chi connectivity index (χ0) is 17.8. The predicted octanol–water partition coefficient (Wildman–Crippen LogP) is 3.62. The van der Waals surface area contributed by atoms with E-state index < -0.39 is 11.5 Å². The number of carbonyl (C=O) groups excluding carboxylic acids is 2. The molecule has 5 nitrogen and oxygen atoms in total. The highest BCUT2D eigenvalue weighted by molar-refractivity contribution is 6.32. The van der Waals surface area contributed by atoms with E-state index in [9.17, 15) is 9.59 Å². The van der Waals surface area contributed by atoms with E-state index in [4.69, 9.17) is 16.3 Å². The lowest BCUT2D eigenvalue weighted by molar-refractivity contribution is -0.131. The van der Waals surface area contributed by atoms with Crippen LogP contribution in [0.3, 0.4) is 0 Å². The highest BCUT2D eigenvalue weighted by atomic mass is 35.5. The van der Waals surface area contributed by atoms with Crippen LogP contribution in [-0.2, 0) is 9.59 Å². The SMILES string of the molecule is CC(C)Oc1c(Cl)cccc1NC(=O)[C@@H](C)NC(=O)C(C)(C)C. The number of carbonyl (C=O) groups is 2. The van der Waals surface area contributed by atoms with Crippen LogP contribution in [0.1, 0.15) is 41.5 Å². The van der Waals surface area contributed by atoms with Gasteiger partial charge in [-0.3, -0.25) is 9.59 Å². The Kier molecular flexibility index (Phi) is 6.45. The number of hydrogen-bond acceptors (Lipinski definition) is 3. The van der Waals surface area contributed by atoms with Crippen molar-refractivity contribution in [2.75, 3.05) is 5.32 Å². The topological polar surface area (TPSA) is 67.4 Å². The molecule has 0 bridgehead atoms. The van der Waals surface area contributed by atoms with Crippen LogP contribution in [0.4, 0.5) is 5.69 Å². The summed E-state index contributed by atoms with van der Waals surface area (Å²) in [5.41, 5.74) is -0.0793. The molecule has 0 aliphatic rings. The molecule has 0 heterocycles. The fourth-order valence-corrected chi connectivity index (χ4v) is 1.90. The van der Waals surface area contributed by atoms with Gasteiger partial charge in [0.25, 0.3) is 0 Å². The van der Waals surface area contributed by atoms with Crippen LogP contribution in [0.25, 0.3) is 0 Å². The molecule has 1 aromatic rings. The number of anilines is 1. The first-order valence-corrected chi connectivity index (χ1v) is 7.97. The van der Waals surface area contributed by atoms with Crippen molar-refractivity contribution in [3.63, 3.8) is 0 Å². The second kappa shape index (κ2) is 7.68. The van der Waals surface area contributed by atoms with E-state index in [0.717, 1.165) is 0 Å². The first-order valence-electron chi connectivity index (χ1n) is 7.59. The summed E-state index contributed by atoms with van der Waals surface area (Å²) in [6.07, 6.45) is -0.0800. The fraction of sp³-hybridized carbons (Fsp3) is 0.529. The van der Waals surface area contributed by atoms with Crippen molar-refractivity contribution in [2.45, 2.75) is 53.7 Å². The van der Waals surface area contributed by atoms with Crippen molar-refractivity contribution >= 4 is 29.1 Å². The number of para-hydroxylation sites is 1. The molecule has 2 N–H and O–H groups in total. The van der Waals surface area contributed by atoms with Gasteiger partial charge in [0.2, 0.25) is 11.8 Å². The Morgan fingerprint density at radius 1 is 1.17 bits per heavy atom. The summed E-state index contributed by atoms with van der Waals surface area (Å²) >= 11 is 6.13. The molecule has 1 rings (SSSR count). The van der Waals surface area contributed by atoms with Crippen LogP contribution in [0, 0.1) is 5.41 Å². The van der Waals surface area contributed by atoms with E-state index in [0.29, 0.717) is 16.5 Å². The largest absolute Gasteiger partial charge is 0.487 e. The van der Waals surface area contributed by atoms with Crippen LogP contribution in [0.5, 0.6) is 5.75 Å². The molecule has 0 saturated heterocycles. The minimum Gasteiger partial charge on any atom is -0.487 e. The van der Waals surface area contributed by atoms with Crippen molar-refractivity contribution in [1.82, 2.24) is 5.32 Å². The van der Waals surface area contributed by atoms with E-state index in [1.807, 2.05) is 13.8 Å². The highest BCUT2D eigenvalue weighted by Gasteiger charge is 2.25. The maximum absolute atomic E-state index is 12.3. The minimum absolute atomic E-state index is 0.0800. The molecule has 0 radical (unpaired) electrons. The summed E-state index contributed by atoms with van der Waals surface area (Å²) < 4.78 is 5.66. The van der Waals surface area contributed by atoms with Crippen molar-refractivity contribution in [2.24, 2.45) is 5.41 Å². The summed E-state index contributed by atoms with van der Waals surface area (Å²) in [5, 5.41) is 5.86. The number of nitrogens with one attached hydrogen (secondary N) is 2. The monoisotopic (exact) mass is 340 g/mol. The smallest absolute Gasteiger partial charge is 0.246 e. The molecule has 0 aliphatic heterocycles. The van der Waals surface area contributed by atoms with Crippen molar-refractivity contribution in [1.29, 1.82) is 0 Å². The van der Waals surface area contributed by atoms with Gasteiger partial charge in [-0.05, 0) is 32.9 Å². The second-order valence-electron chi connectivity index (χ2n) is 6.72. The van der Waals surface area contributed by atoms with Gasteiger partial charge in [-0.25, -0.2) is 0 Å². The third-order valence-electron chi connectivity index (χ3n) is 3.00. The Hall–Kier alpha value is -1.75. The molecule has 0 saturated carbocycles. The molecule has 0 aromatic heterocycles. The zero-order valence-electron chi connectivity index (χ0n) is 14.5. The Bertz CT molecular complexity index is 580. The predicted molar refractivity (Wildman–Crippen MR) is 92.9 cm³/mol. The number of halogens is 1. The van der Waals surface area contributed by atoms with E-state index >= 15 is 0 Å². The standard InChI is InChI=1S/C17H25ClN2O3/c1-10(2)23-14-12(18)8-7-9-13(14)20-15(21)11(3)19-16(22)17(4,5)6/h7-11H,1-6H3,(H,19,22)(H,20,21)/t11-/m1/s1. The van der Waals surface area contributed by atoms with Crippen LogP contribution in [-0.4, -0.2) is 24.0 Å². The number of benzene rings is 1. The highest BCUT2D eigenvalue weighted by Crippen LogP contribution is 2.33. The molecule has 128 valence electrons. The molecular weight excluding hydrogens is 316 g/mol. The summed E-state index contributed by atoms with van der Waals surface area (Å²) in [6, 6.07) is 4.45. The molecule has 0 spiro atoms. The number of hydrogen-bond donors (Lipinski definition) is 2. The lowest BCUT2D eigenvalue weighted by atomic mass is 9.95.